The van der Waals surface area contributed by atoms with Gasteiger partial charge in [0.2, 0.25) is 0 Å². The topological polar surface area (TPSA) is 33.6 Å². The second-order valence-corrected chi connectivity index (χ2v) is 5.27. The van der Waals surface area contributed by atoms with Crippen molar-refractivity contribution in [1.29, 1.82) is 0 Å². The first-order valence-corrected chi connectivity index (χ1v) is 6.63. The van der Waals surface area contributed by atoms with Crippen LogP contribution >= 0.6 is 12.2 Å². The molecule has 0 aliphatic heterocycles. The first-order valence-electron chi connectivity index (χ1n) is 6.22. The number of aromatic amines is 1. The number of hydrogen-bond acceptors (Lipinski definition) is 2. The summed E-state index contributed by atoms with van der Waals surface area (Å²) in [6, 6.07) is 8.25. The lowest BCUT2D eigenvalue weighted by atomic mass is 10.1. The Hall–Kier alpha value is -1.94. The molecule has 1 aromatic carbocycles. The number of H-pyrrole nitrogens is 1. The Bertz CT molecular complexity index is 804. The zero-order valence-electron chi connectivity index (χ0n) is 11.2. The van der Waals surface area contributed by atoms with Crippen LogP contribution in [0, 0.1) is 25.5 Å². The number of rotatable bonds is 1. The molecule has 0 aliphatic rings. The van der Waals surface area contributed by atoms with Gasteiger partial charge in [0.1, 0.15) is 0 Å². The van der Waals surface area contributed by atoms with Gasteiger partial charge >= 0.3 is 0 Å². The van der Waals surface area contributed by atoms with E-state index in [1.54, 1.807) is 6.20 Å². The molecule has 3 aromatic rings. The van der Waals surface area contributed by atoms with Crippen molar-refractivity contribution in [3.8, 4) is 5.69 Å². The molecule has 4 heteroatoms. The van der Waals surface area contributed by atoms with Gasteiger partial charge in [-0.3, -0.25) is 4.57 Å². The van der Waals surface area contributed by atoms with Crippen molar-refractivity contribution in [2.45, 2.75) is 20.8 Å². The Morgan fingerprint density at radius 1 is 1.16 bits per heavy atom. The lowest BCUT2D eigenvalue weighted by Gasteiger charge is -2.12. The maximum absolute atomic E-state index is 5.45. The molecule has 0 atom stereocenters. The third-order valence-corrected chi connectivity index (χ3v) is 3.59. The maximum Gasteiger partial charge on any atom is 0.184 e. The number of nitrogens with zero attached hydrogens (tertiary/aromatic N) is 2. The van der Waals surface area contributed by atoms with Gasteiger partial charge in [-0.15, -0.1) is 0 Å². The molecule has 1 N–H and O–H groups in total. The predicted molar refractivity (Wildman–Crippen MR) is 80.5 cm³/mol. The number of benzene rings is 1. The summed E-state index contributed by atoms with van der Waals surface area (Å²) in [7, 11) is 0. The summed E-state index contributed by atoms with van der Waals surface area (Å²) in [6.45, 7) is 6.33. The summed E-state index contributed by atoms with van der Waals surface area (Å²) < 4.78 is 2.71. The lowest BCUT2D eigenvalue weighted by molar-refractivity contribution is 1.01. The number of aromatic nitrogens is 3. The Kier molecular flexibility index (Phi) is 2.75. The second-order valence-electron chi connectivity index (χ2n) is 4.89. The van der Waals surface area contributed by atoms with Gasteiger partial charge in [-0.2, -0.15) is 0 Å². The Labute approximate surface area is 116 Å². The van der Waals surface area contributed by atoms with Crippen LogP contribution in [0.25, 0.3) is 16.9 Å². The fourth-order valence-electron chi connectivity index (χ4n) is 2.67. The molecule has 0 fully saturated rings. The van der Waals surface area contributed by atoms with Gasteiger partial charge in [0.25, 0.3) is 0 Å². The number of imidazole rings is 1. The van der Waals surface area contributed by atoms with E-state index >= 15 is 0 Å². The van der Waals surface area contributed by atoms with Gasteiger partial charge in [-0.25, -0.2) is 4.98 Å². The van der Waals surface area contributed by atoms with Gasteiger partial charge in [0, 0.05) is 6.20 Å². The van der Waals surface area contributed by atoms with E-state index in [1.165, 1.54) is 16.7 Å². The molecular formula is C15H15N3S. The zero-order chi connectivity index (χ0) is 13.6. The standard InChI is InChI=1S/C15H15N3S/c1-9-7-10(2)13(11(3)8-9)18-14-12(17-15(18)19)5-4-6-16-14/h4-8H,1-3H3,(H,17,19). The second kappa shape index (κ2) is 4.31. The van der Waals surface area contributed by atoms with Crippen molar-refractivity contribution in [2.75, 3.05) is 0 Å². The Balaban J connectivity index is 2.43. The molecule has 0 unspecified atom stereocenters. The summed E-state index contributed by atoms with van der Waals surface area (Å²) in [4.78, 5) is 7.66. The number of aryl methyl sites for hydroxylation is 3. The van der Waals surface area contributed by atoms with E-state index in [4.69, 9.17) is 12.2 Å². The maximum atomic E-state index is 5.45. The number of nitrogens with one attached hydrogen (secondary N) is 1. The monoisotopic (exact) mass is 269 g/mol. The van der Waals surface area contributed by atoms with Crippen LogP contribution in [0.3, 0.4) is 0 Å². The van der Waals surface area contributed by atoms with Crippen molar-refractivity contribution in [1.82, 2.24) is 14.5 Å². The minimum absolute atomic E-state index is 0.684. The van der Waals surface area contributed by atoms with E-state index in [0.717, 1.165) is 16.9 Å². The van der Waals surface area contributed by atoms with E-state index in [2.05, 4.69) is 42.9 Å². The van der Waals surface area contributed by atoms with E-state index < -0.39 is 0 Å². The Morgan fingerprint density at radius 2 is 1.84 bits per heavy atom. The summed E-state index contributed by atoms with van der Waals surface area (Å²) in [5, 5.41) is 0. The largest absolute Gasteiger partial charge is 0.329 e. The van der Waals surface area contributed by atoms with E-state index in [1.807, 2.05) is 16.7 Å². The molecular weight excluding hydrogens is 254 g/mol. The highest BCUT2D eigenvalue weighted by Gasteiger charge is 2.12. The fraction of sp³-hybridized carbons (Fsp3) is 0.200. The summed E-state index contributed by atoms with van der Waals surface area (Å²) in [5.41, 5.74) is 6.65. The normalized spacial score (nSPS) is 11.1. The quantitative estimate of drug-likeness (QED) is 0.677. The van der Waals surface area contributed by atoms with Crippen LogP contribution in [0.15, 0.2) is 30.5 Å². The minimum Gasteiger partial charge on any atom is -0.329 e. The van der Waals surface area contributed by atoms with Gasteiger partial charge < -0.3 is 4.98 Å². The third kappa shape index (κ3) is 1.88. The highest BCUT2D eigenvalue weighted by atomic mass is 32.1. The van der Waals surface area contributed by atoms with Crippen LogP contribution in [0.5, 0.6) is 0 Å². The van der Waals surface area contributed by atoms with Crippen LogP contribution in [0.4, 0.5) is 0 Å². The molecule has 0 saturated carbocycles. The highest BCUT2D eigenvalue weighted by molar-refractivity contribution is 7.71. The zero-order valence-corrected chi connectivity index (χ0v) is 12.0. The molecule has 0 saturated heterocycles. The molecule has 0 amide bonds. The molecule has 0 bridgehead atoms. The Morgan fingerprint density at radius 3 is 2.53 bits per heavy atom. The molecule has 19 heavy (non-hydrogen) atoms. The van der Waals surface area contributed by atoms with Crippen molar-refractivity contribution in [3.05, 3.63) is 51.9 Å². The highest BCUT2D eigenvalue weighted by Crippen LogP contribution is 2.24. The van der Waals surface area contributed by atoms with Gasteiger partial charge in [0.05, 0.1) is 11.2 Å². The molecule has 3 nitrogen and oxygen atoms in total. The number of pyridine rings is 1. The van der Waals surface area contributed by atoms with Crippen molar-refractivity contribution >= 4 is 23.4 Å². The van der Waals surface area contributed by atoms with Gasteiger partial charge in [-0.05, 0) is 56.2 Å². The van der Waals surface area contributed by atoms with Crippen LogP contribution in [-0.2, 0) is 0 Å². The summed E-state index contributed by atoms with van der Waals surface area (Å²) in [6.07, 6.45) is 1.79. The average molecular weight is 269 g/mol. The van der Waals surface area contributed by atoms with Crippen molar-refractivity contribution in [3.63, 3.8) is 0 Å². The average Bonchev–Trinajstić information content (AvgIpc) is 2.65. The number of fused-ring (bicyclic) bond motifs is 1. The van der Waals surface area contributed by atoms with Crippen molar-refractivity contribution < 1.29 is 0 Å². The molecule has 0 spiro atoms. The van der Waals surface area contributed by atoms with E-state index in [-0.39, 0.29) is 0 Å². The van der Waals surface area contributed by atoms with E-state index in [0.29, 0.717) is 4.77 Å². The summed E-state index contributed by atoms with van der Waals surface area (Å²) in [5.74, 6) is 0. The molecule has 96 valence electrons. The van der Waals surface area contributed by atoms with Crippen molar-refractivity contribution in [2.24, 2.45) is 0 Å². The first kappa shape index (κ1) is 12.1. The van der Waals surface area contributed by atoms with Gasteiger partial charge in [-0.1, -0.05) is 17.7 Å². The van der Waals surface area contributed by atoms with Gasteiger partial charge in [0.15, 0.2) is 10.4 Å². The molecule has 0 radical (unpaired) electrons. The minimum atomic E-state index is 0.684. The molecule has 2 aromatic heterocycles. The third-order valence-electron chi connectivity index (χ3n) is 3.30. The van der Waals surface area contributed by atoms with E-state index in [9.17, 15) is 0 Å². The van der Waals surface area contributed by atoms with Crippen LogP contribution in [0.1, 0.15) is 16.7 Å². The smallest absolute Gasteiger partial charge is 0.184 e. The fourth-order valence-corrected chi connectivity index (χ4v) is 2.96. The SMILES string of the molecule is Cc1cc(C)c(-n2c(=S)[nH]c3cccnc32)c(C)c1. The molecule has 0 aliphatic carbocycles. The first-order chi connectivity index (χ1) is 9.08. The lowest BCUT2D eigenvalue weighted by Crippen LogP contribution is -2.01. The van der Waals surface area contributed by atoms with Crippen LogP contribution in [0.2, 0.25) is 0 Å². The predicted octanol–water partition coefficient (Wildman–Crippen LogP) is 4.01. The number of hydrogen-bond donors (Lipinski definition) is 1. The van der Waals surface area contributed by atoms with Crippen LogP contribution in [-0.4, -0.2) is 14.5 Å². The van der Waals surface area contributed by atoms with Crippen LogP contribution < -0.4 is 0 Å². The molecule has 2 heterocycles. The molecule has 3 rings (SSSR count). The summed E-state index contributed by atoms with van der Waals surface area (Å²) >= 11 is 5.45.